The van der Waals surface area contributed by atoms with Crippen molar-refractivity contribution < 1.29 is 13.9 Å². The van der Waals surface area contributed by atoms with Crippen molar-refractivity contribution >= 4 is 0 Å². The monoisotopic (exact) mass is 253 g/mol. The second-order valence-corrected chi connectivity index (χ2v) is 4.83. The zero-order chi connectivity index (χ0) is 13.0. The average molecular weight is 253 g/mol. The fourth-order valence-corrected chi connectivity index (χ4v) is 1.84. The second kappa shape index (κ2) is 6.16. The Morgan fingerprint density at radius 1 is 1.39 bits per heavy atom. The summed E-state index contributed by atoms with van der Waals surface area (Å²) in [6.07, 6.45) is 2.37. The first-order valence-corrected chi connectivity index (χ1v) is 6.36. The van der Waals surface area contributed by atoms with E-state index in [4.69, 9.17) is 9.47 Å². The fourth-order valence-electron chi connectivity index (χ4n) is 1.84. The zero-order valence-electron chi connectivity index (χ0n) is 10.9. The summed E-state index contributed by atoms with van der Waals surface area (Å²) in [4.78, 5) is 0. The number of ether oxygens (including phenoxy) is 2. The lowest BCUT2D eigenvalue weighted by Crippen LogP contribution is -2.19. The summed E-state index contributed by atoms with van der Waals surface area (Å²) in [7, 11) is 1.62. The molecule has 3 nitrogen and oxygen atoms in total. The molecule has 1 atom stereocenters. The van der Waals surface area contributed by atoms with E-state index in [2.05, 4.69) is 5.32 Å². The topological polar surface area (TPSA) is 30.5 Å². The van der Waals surface area contributed by atoms with Gasteiger partial charge in [-0.15, -0.1) is 0 Å². The molecule has 1 fully saturated rings. The van der Waals surface area contributed by atoms with Gasteiger partial charge in [0.1, 0.15) is 17.7 Å². The highest BCUT2D eigenvalue weighted by Gasteiger charge is 2.20. The molecular formula is C14H20FNO2. The molecule has 1 aliphatic rings. The van der Waals surface area contributed by atoms with E-state index in [1.807, 2.05) is 13.0 Å². The molecule has 1 unspecified atom stereocenters. The van der Waals surface area contributed by atoms with Crippen LogP contribution in [0.1, 0.15) is 25.3 Å². The summed E-state index contributed by atoms with van der Waals surface area (Å²) in [5, 5.41) is 3.36. The number of benzene rings is 1. The van der Waals surface area contributed by atoms with Crippen LogP contribution in [0.25, 0.3) is 0 Å². The Morgan fingerprint density at radius 3 is 2.83 bits per heavy atom. The Balaban J connectivity index is 1.95. The first-order chi connectivity index (χ1) is 8.67. The van der Waals surface area contributed by atoms with Gasteiger partial charge in [0.05, 0.1) is 6.61 Å². The van der Waals surface area contributed by atoms with Crippen LogP contribution in [0.3, 0.4) is 0 Å². The average Bonchev–Trinajstić information content (AvgIpc) is 3.09. The largest absolute Gasteiger partial charge is 0.488 e. The quantitative estimate of drug-likeness (QED) is 0.810. The zero-order valence-corrected chi connectivity index (χ0v) is 10.9. The minimum Gasteiger partial charge on any atom is -0.488 e. The van der Waals surface area contributed by atoms with E-state index in [0.29, 0.717) is 24.9 Å². The third-order valence-corrected chi connectivity index (χ3v) is 2.84. The molecule has 100 valence electrons. The number of hydrogen-bond donors (Lipinski definition) is 1. The van der Waals surface area contributed by atoms with Gasteiger partial charge >= 0.3 is 0 Å². The van der Waals surface area contributed by atoms with Crippen LogP contribution in [-0.4, -0.2) is 25.9 Å². The summed E-state index contributed by atoms with van der Waals surface area (Å²) in [6, 6.07) is 5.45. The van der Waals surface area contributed by atoms with Gasteiger partial charge < -0.3 is 14.8 Å². The van der Waals surface area contributed by atoms with Crippen LogP contribution >= 0.6 is 0 Å². The third-order valence-electron chi connectivity index (χ3n) is 2.84. The molecule has 1 aromatic rings. The Bertz CT molecular complexity index is 393. The minimum absolute atomic E-state index is 0.0824. The molecule has 0 amide bonds. The third kappa shape index (κ3) is 4.27. The maximum absolute atomic E-state index is 13.5. The maximum Gasteiger partial charge on any atom is 0.127 e. The van der Waals surface area contributed by atoms with Crippen LogP contribution < -0.4 is 10.1 Å². The van der Waals surface area contributed by atoms with Gasteiger partial charge in [-0.3, -0.25) is 0 Å². The summed E-state index contributed by atoms with van der Waals surface area (Å²) >= 11 is 0. The molecule has 1 saturated carbocycles. The SMILES string of the molecule is COCC(C)Oc1cc(F)cc(CNC2CC2)c1. The van der Waals surface area contributed by atoms with Crippen molar-refractivity contribution in [1.29, 1.82) is 0 Å². The van der Waals surface area contributed by atoms with Crippen molar-refractivity contribution in [3.8, 4) is 5.75 Å². The Labute approximate surface area is 107 Å². The molecular weight excluding hydrogens is 233 g/mol. The van der Waals surface area contributed by atoms with Gasteiger partial charge in [-0.25, -0.2) is 4.39 Å². The van der Waals surface area contributed by atoms with Crippen molar-refractivity contribution in [2.24, 2.45) is 0 Å². The van der Waals surface area contributed by atoms with E-state index in [-0.39, 0.29) is 11.9 Å². The number of halogens is 1. The highest BCUT2D eigenvalue weighted by atomic mass is 19.1. The maximum atomic E-state index is 13.5. The standard InChI is InChI=1S/C14H20FNO2/c1-10(9-17-2)18-14-6-11(5-12(15)7-14)8-16-13-3-4-13/h5-7,10,13,16H,3-4,8-9H2,1-2H3. The molecule has 18 heavy (non-hydrogen) atoms. The van der Waals surface area contributed by atoms with Crippen LogP contribution in [0.2, 0.25) is 0 Å². The Morgan fingerprint density at radius 2 is 2.17 bits per heavy atom. The molecule has 0 spiro atoms. The van der Waals surface area contributed by atoms with Crippen LogP contribution in [-0.2, 0) is 11.3 Å². The van der Waals surface area contributed by atoms with Crippen LogP contribution in [0.4, 0.5) is 4.39 Å². The molecule has 0 heterocycles. The normalized spacial score (nSPS) is 16.6. The van der Waals surface area contributed by atoms with E-state index in [9.17, 15) is 4.39 Å². The molecule has 0 aliphatic heterocycles. The highest BCUT2D eigenvalue weighted by molar-refractivity contribution is 5.30. The van der Waals surface area contributed by atoms with Crippen LogP contribution in [0.15, 0.2) is 18.2 Å². The molecule has 0 bridgehead atoms. The van der Waals surface area contributed by atoms with E-state index >= 15 is 0 Å². The van der Waals surface area contributed by atoms with Gasteiger partial charge in [-0.05, 0) is 37.5 Å². The van der Waals surface area contributed by atoms with Crippen molar-refractivity contribution in [1.82, 2.24) is 5.32 Å². The number of nitrogens with one attached hydrogen (secondary N) is 1. The number of methoxy groups -OCH3 is 1. The predicted molar refractivity (Wildman–Crippen MR) is 68.2 cm³/mol. The van der Waals surface area contributed by atoms with Gasteiger partial charge in [0.15, 0.2) is 0 Å². The lowest BCUT2D eigenvalue weighted by atomic mass is 10.2. The van der Waals surface area contributed by atoms with Gasteiger partial charge in [-0.2, -0.15) is 0 Å². The number of hydrogen-bond acceptors (Lipinski definition) is 3. The van der Waals surface area contributed by atoms with E-state index < -0.39 is 0 Å². The highest BCUT2D eigenvalue weighted by Crippen LogP contribution is 2.21. The number of rotatable bonds is 7. The molecule has 0 saturated heterocycles. The van der Waals surface area contributed by atoms with E-state index in [1.165, 1.54) is 18.9 Å². The van der Waals surface area contributed by atoms with Crippen molar-refractivity contribution in [3.63, 3.8) is 0 Å². The van der Waals surface area contributed by atoms with E-state index in [0.717, 1.165) is 5.56 Å². The second-order valence-electron chi connectivity index (χ2n) is 4.83. The molecule has 1 N–H and O–H groups in total. The lowest BCUT2D eigenvalue weighted by Gasteiger charge is -2.15. The van der Waals surface area contributed by atoms with Crippen molar-refractivity contribution in [2.75, 3.05) is 13.7 Å². The summed E-state index contributed by atoms with van der Waals surface area (Å²) < 4.78 is 24.1. The first kappa shape index (κ1) is 13.3. The van der Waals surface area contributed by atoms with Crippen LogP contribution in [0.5, 0.6) is 5.75 Å². The summed E-state index contributed by atoms with van der Waals surface area (Å²) in [5.74, 6) is 0.303. The van der Waals surface area contributed by atoms with Gasteiger partial charge in [0, 0.05) is 25.8 Å². The fraction of sp³-hybridized carbons (Fsp3) is 0.571. The van der Waals surface area contributed by atoms with Crippen molar-refractivity contribution in [2.45, 2.75) is 38.5 Å². The molecule has 0 radical (unpaired) electrons. The van der Waals surface area contributed by atoms with E-state index in [1.54, 1.807) is 13.2 Å². The Kier molecular flexibility index (Phi) is 4.55. The Hall–Kier alpha value is -1.13. The summed E-state index contributed by atoms with van der Waals surface area (Å²) in [6.45, 7) is 3.08. The predicted octanol–water partition coefficient (Wildman–Crippen LogP) is 2.49. The molecule has 4 heteroatoms. The molecule has 1 aliphatic carbocycles. The first-order valence-electron chi connectivity index (χ1n) is 6.36. The minimum atomic E-state index is -0.260. The smallest absolute Gasteiger partial charge is 0.127 e. The lowest BCUT2D eigenvalue weighted by molar-refractivity contribution is 0.0918. The van der Waals surface area contributed by atoms with Crippen LogP contribution in [0, 0.1) is 5.82 Å². The summed E-state index contributed by atoms with van der Waals surface area (Å²) in [5.41, 5.74) is 0.918. The van der Waals surface area contributed by atoms with Gasteiger partial charge in [-0.1, -0.05) is 0 Å². The molecule has 1 aromatic carbocycles. The molecule has 0 aromatic heterocycles. The van der Waals surface area contributed by atoms with Gasteiger partial charge in [0.2, 0.25) is 0 Å². The van der Waals surface area contributed by atoms with Crippen molar-refractivity contribution in [3.05, 3.63) is 29.6 Å². The molecule has 2 rings (SSSR count). The van der Waals surface area contributed by atoms with Gasteiger partial charge in [0.25, 0.3) is 0 Å².